The number of aliphatic imine (C=N–C) groups is 1. The van der Waals surface area contributed by atoms with Gasteiger partial charge in [-0.1, -0.05) is 25.7 Å². The second-order valence-corrected chi connectivity index (χ2v) is 6.59. The average Bonchev–Trinajstić information content (AvgIpc) is 3.21. The summed E-state index contributed by atoms with van der Waals surface area (Å²) in [7, 11) is 1.85. The zero-order chi connectivity index (χ0) is 16.3. The normalized spacial score (nSPS) is 15.3. The van der Waals surface area contributed by atoms with Gasteiger partial charge in [-0.05, 0) is 38.5 Å². The van der Waals surface area contributed by atoms with E-state index in [9.17, 15) is 0 Å². The van der Waals surface area contributed by atoms with Gasteiger partial charge in [-0.15, -0.1) is 24.0 Å². The van der Waals surface area contributed by atoms with Crippen molar-refractivity contribution in [2.24, 2.45) is 10.9 Å². The van der Waals surface area contributed by atoms with Crippen molar-refractivity contribution in [3.8, 4) is 0 Å². The molecule has 0 bridgehead atoms. The molecule has 1 fully saturated rings. The Hall–Kier alpha value is -0.790. The van der Waals surface area contributed by atoms with Gasteiger partial charge >= 0.3 is 0 Å². The summed E-state index contributed by atoms with van der Waals surface area (Å²) in [6.45, 7) is 5.09. The number of aryl methyl sites for hydroxylation is 2. The van der Waals surface area contributed by atoms with Crippen molar-refractivity contribution < 1.29 is 0 Å². The maximum atomic E-state index is 4.30. The van der Waals surface area contributed by atoms with E-state index >= 15 is 0 Å². The molecule has 0 radical (unpaired) electrons. The molecule has 0 amide bonds. The van der Waals surface area contributed by atoms with E-state index in [1.165, 1.54) is 38.5 Å². The zero-order valence-electron chi connectivity index (χ0n) is 15.3. The van der Waals surface area contributed by atoms with Crippen LogP contribution in [0.1, 0.15) is 57.2 Å². The minimum Gasteiger partial charge on any atom is -0.356 e. The van der Waals surface area contributed by atoms with Crippen molar-refractivity contribution in [3.05, 3.63) is 18.2 Å². The number of nitrogens with zero attached hydrogens (tertiary/aromatic N) is 3. The third kappa shape index (κ3) is 7.85. The topological polar surface area (TPSA) is 54.2 Å². The standard InChI is InChI=1S/C18H33N5.HI/c1-16-20-13-15-23(16)14-6-5-11-21-18(19-2)22-12-7-10-17-8-3-4-9-17;/h13,15,17H,3-12,14H2,1-2H3,(H2,19,21,22);1H. The van der Waals surface area contributed by atoms with Gasteiger partial charge in [0.15, 0.2) is 5.96 Å². The lowest BCUT2D eigenvalue weighted by molar-refractivity contribution is 0.481. The molecule has 1 heterocycles. The first kappa shape index (κ1) is 21.3. The van der Waals surface area contributed by atoms with E-state index in [2.05, 4.69) is 32.1 Å². The molecule has 0 aromatic carbocycles. The third-order valence-corrected chi connectivity index (χ3v) is 4.82. The van der Waals surface area contributed by atoms with Gasteiger partial charge < -0.3 is 15.2 Å². The molecule has 0 aliphatic heterocycles. The fourth-order valence-corrected chi connectivity index (χ4v) is 3.37. The van der Waals surface area contributed by atoms with Crippen LogP contribution in [0.25, 0.3) is 0 Å². The first-order chi connectivity index (χ1) is 11.3. The second-order valence-electron chi connectivity index (χ2n) is 6.59. The van der Waals surface area contributed by atoms with Crippen molar-refractivity contribution in [2.75, 3.05) is 20.1 Å². The van der Waals surface area contributed by atoms with Gasteiger partial charge in [0.1, 0.15) is 5.82 Å². The molecular formula is C18H34IN5. The summed E-state index contributed by atoms with van der Waals surface area (Å²) in [5.74, 6) is 3.02. The van der Waals surface area contributed by atoms with E-state index in [1.807, 2.05) is 19.4 Å². The number of nitrogens with one attached hydrogen (secondary N) is 2. The van der Waals surface area contributed by atoms with Gasteiger partial charge in [0, 0.05) is 39.1 Å². The molecule has 1 aromatic rings. The van der Waals surface area contributed by atoms with Crippen molar-refractivity contribution >= 4 is 29.9 Å². The highest BCUT2D eigenvalue weighted by Crippen LogP contribution is 2.28. The summed E-state index contributed by atoms with van der Waals surface area (Å²) >= 11 is 0. The van der Waals surface area contributed by atoms with Crippen LogP contribution in [0.15, 0.2) is 17.4 Å². The molecule has 0 unspecified atom stereocenters. The average molecular weight is 447 g/mol. The van der Waals surface area contributed by atoms with Gasteiger partial charge in [0.2, 0.25) is 0 Å². The molecule has 2 N–H and O–H groups in total. The van der Waals surface area contributed by atoms with E-state index < -0.39 is 0 Å². The number of hydrogen-bond donors (Lipinski definition) is 2. The number of hydrogen-bond acceptors (Lipinski definition) is 2. The van der Waals surface area contributed by atoms with Crippen LogP contribution in [0, 0.1) is 12.8 Å². The van der Waals surface area contributed by atoms with Crippen LogP contribution in [0.2, 0.25) is 0 Å². The molecule has 24 heavy (non-hydrogen) atoms. The molecule has 1 saturated carbocycles. The fourth-order valence-electron chi connectivity index (χ4n) is 3.37. The minimum atomic E-state index is 0. The van der Waals surface area contributed by atoms with Gasteiger partial charge in [0.25, 0.3) is 0 Å². The highest BCUT2D eigenvalue weighted by Gasteiger charge is 2.13. The van der Waals surface area contributed by atoms with Crippen LogP contribution in [0.3, 0.4) is 0 Å². The molecule has 2 rings (SSSR count). The highest BCUT2D eigenvalue weighted by atomic mass is 127. The maximum Gasteiger partial charge on any atom is 0.190 e. The quantitative estimate of drug-likeness (QED) is 0.263. The summed E-state index contributed by atoms with van der Waals surface area (Å²) in [6.07, 6.45) is 14.6. The lowest BCUT2D eigenvalue weighted by Gasteiger charge is -2.13. The Balaban J connectivity index is 0.00000288. The lowest BCUT2D eigenvalue weighted by Crippen LogP contribution is -2.38. The number of halogens is 1. The molecule has 1 aliphatic carbocycles. The maximum absolute atomic E-state index is 4.30. The van der Waals surface area contributed by atoms with Crippen LogP contribution >= 0.6 is 24.0 Å². The Labute approximate surface area is 164 Å². The largest absolute Gasteiger partial charge is 0.356 e. The molecule has 0 saturated heterocycles. The number of unbranched alkanes of at least 4 members (excludes halogenated alkanes) is 1. The van der Waals surface area contributed by atoms with Crippen LogP contribution in [0.4, 0.5) is 0 Å². The summed E-state index contributed by atoms with van der Waals surface area (Å²) in [6, 6.07) is 0. The van der Waals surface area contributed by atoms with Gasteiger partial charge in [0.05, 0.1) is 0 Å². The Morgan fingerprint density at radius 2 is 1.92 bits per heavy atom. The molecule has 0 spiro atoms. The van der Waals surface area contributed by atoms with Crippen molar-refractivity contribution in [1.82, 2.24) is 20.2 Å². The first-order valence-corrected chi connectivity index (χ1v) is 9.22. The summed E-state index contributed by atoms with van der Waals surface area (Å²) < 4.78 is 2.20. The second kappa shape index (κ2) is 12.6. The molecule has 138 valence electrons. The number of guanidine groups is 1. The van der Waals surface area contributed by atoms with Gasteiger partial charge in [-0.2, -0.15) is 0 Å². The number of aromatic nitrogens is 2. The van der Waals surface area contributed by atoms with Gasteiger partial charge in [-0.3, -0.25) is 4.99 Å². The zero-order valence-corrected chi connectivity index (χ0v) is 17.6. The Morgan fingerprint density at radius 3 is 2.54 bits per heavy atom. The Morgan fingerprint density at radius 1 is 1.21 bits per heavy atom. The van der Waals surface area contributed by atoms with E-state index in [0.717, 1.165) is 50.2 Å². The van der Waals surface area contributed by atoms with Crippen LogP contribution in [0.5, 0.6) is 0 Å². The predicted molar refractivity (Wildman–Crippen MR) is 112 cm³/mol. The van der Waals surface area contributed by atoms with Gasteiger partial charge in [-0.25, -0.2) is 4.98 Å². The summed E-state index contributed by atoms with van der Waals surface area (Å²) in [4.78, 5) is 8.54. The minimum absolute atomic E-state index is 0. The SMILES string of the molecule is CN=C(NCCCCn1ccnc1C)NCCCC1CCCC1.I. The third-order valence-electron chi connectivity index (χ3n) is 4.82. The summed E-state index contributed by atoms with van der Waals surface area (Å²) in [5, 5.41) is 6.84. The highest BCUT2D eigenvalue weighted by molar-refractivity contribution is 14.0. The number of imidazole rings is 1. The lowest BCUT2D eigenvalue weighted by atomic mass is 10.0. The van der Waals surface area contributed by atoms with E-state index in [0.29, 0.717) is 0 Å². The van der Waals surface area contributed by atoms with Crippen molar-refractivity contribution in [2.45, 2.75) is 64.8 Å². The van der Waals surface area contributed by atoms with E-state index in [4.69, 9.17) is 0 Å². The predicted octanol–water partition coefficient (Wildman–Crippen LogP) is 3.73. The van der Waals surface area contributed by atoms with E-state index in [1.54, 1.807) is 0 Å². The monoisotopic (exact) mass is 447 g/mol. The van der Waals surface area contributed by atoms with Crippen molar-refractivity contribution in [1.29, 1.82) is 0 Å². The molecule has 6 heteroatoms. The molecule has 5 nitrogen and oxygen atoms in total. The number of rotatable bonds is 9. The fraction of sp³-hybridized carbons (Fsp3) is 0.778. The molecule has 1 aliphatic rings. The van der Waals surface area contributed by atoms with Crippen LogP contribution < -0.4 is 10.6 Å². The first-order valence-electron chi connectivity index (χ1n) is 9.22. The summed E-state index contributed by atoms with van der Waals surface area (Å²) in [5.41, 5.74) is 0. The molecule has 0 atom stereocenters. The Kier molecular flexibility index (Phi) is 11.1. The van der Waals surface area contributed by atoms with Crippen LogP contribution in [-0.2, 0) is 6.54 Å². The smallest absolute Gasteiger partial charge is 0.190 e. The Bertz CT molecular complexity index is 466. The van der Waals surface area contributed by atoms with Crippen LogP contribution in [-0.4, -0.2) is 35.6 Å². The van der Waals surface area contributed by atoms with Crippen molar-refractivity contribution in [3.63, 3.8) is 0 Å². The molecule has 1 aromatic heterocycles. The van der Waals surface area contributed by atoms with E-state index in [-0.39, 0.29) is 24.0 Å². The molecular weight excluding hydrogens is 413 g/mol.